The van der Waals surface area contributed by atoms with Crippen LogP contribution in [0.15, 0.2) is 0 Å². The Bertz CT molecular complexity index is 247. The zero-order chi connectivity index (χ0) is 10.4. The van der Waals surface area contributed by atoms with Gasteiger partial charge in [0, 0.05) is 0 Å². The maximum Gasteiger partial charge on any atom is 1.00 e. The van der Waals surface area contributed by atoms with Crippen LogP contribution in [-0.2, 0) is 19.1 Å². The van der Waals surface area contributed by atoms with Crippen LogP contribution >= 0.6 is 0 Å². The quantitative estimate of drug-likeness (QED) is 0.416. The van der Waals surface area contributed by atoms with E-state index in [0.29, 0.717) is 0 Å². The second-order valence-corrected chi connectivity index (χ2v) is 2.13. The molecule has 7 nitrogen and oxygen atoms in total. The van der Waals surface area contributed by atoms with Crippen LogP contribution in [0, 0.1) is 0 Å². The van der Waals surface area contributed by atoms with Gasteiger partial charge in [0.15, 0.2) is 6.10 Å². The van der Waals surface area contributed by atoms with Gasteiger partial charge in [-0.2, -0.15) is 0 Å². The molecule has 0 spiro atoms. The summed E-state index contributed by atoms with van der Waals surface area (Å²) < 4.78 is 4.30. The van der Waals surface area contributed by atoms with Crippen LogP contribution in [0.25, 0.3) is 0 Å². The standard InChI is InChI=1S/C6H8O7.2K.Na.3H/c7-4(8)1-3(6(11)12)13-2-5(9)10;;;;;;/h3H,1-2H2,(H,7,8)(H,9,10)(H,11,12);;;;;;/q;3*+1;3*-1. The van der Waals surface area contributed by atoms with Gasteiger partial charge in [-0.25, -0.2) is 9.59 Å². The van der Waals surface area contributed by atoms with Gasteiger partial charge in [0.25, 0.3) is 0 Å². The van der Waals surface area contributed by atoms with Gasteiger partial charge in [0.05, 0.1) is 6.42 Å². The molecule has 0 aromatic carbocycles. The van der Waals surface area contributed by atoms with E-state index in [1.807, 2.05) is 0 Å². The van der Waals surface area contributed by atoms with E-state index in [-0.39, 0.29) is 137 Å². The van der Waals surface area contributed by atoms with E-state index in [4.69, 9.17) is 15.3 Å². The van der Waals surface area contributed by atoms with E-state index in [0.717, 1.165) is 0 Å². The van der Waals surface area contributed by atoms with Crippen LogP contribution in [0.3, 0.4) is 0 Å². The summed E-state index contributed by atoms with van der Waals surface area (Å²) in [4.78, 5) is 30.3. The third kappa shape index (κ3) is 16.6. The third-order valence-corrected chi connectivity index (χ3v) is 1.04. The molecule has 0 aliphatic heterocycles. The van der Waals surface area contributed by atoms with Crippen molar-refractivity contribution in [2.24, 2.45) is 0 Å². The van der Waals surface area contributed by atoms with E-state index in [1.54, 1.807) is 0 Å². The molecule has 0 rings (SSSR count). The smallest absolute Gasteiger partial charge is 1.00 e. The predicted molar refractivity (Wildman–Crippen MR) is 40.6 cm³/mol. The van der Waals surface area contributed by atoms with Crippen molar-refractivity contribution in [3.63, 3.8) is 0 Å². The maximum absolute atomic E-state index is 10.3. The first-order chi connectivity index (χ1) is 5.93. The Balaban J connectivity index is -0.0000000480. The first-order valence-electron chi connectivity index (χ1n) is 3.21. The number of carbonyl (C=O) groups is 3. The number of carboxylic acid groups (broad SMARTS) is 3. The molecule has 0 heterocycles. The zero-order valence-electron chi connectivity index (χ0n) is 12.5. The van der Waals surface area contributed by atoms with Crippen molar-refractivity contribution >= 4 is 17.9 Å². The van der Waals surface area contributed by atoms with Crippen LogP contribution in [0.1, 0.15) is 10.7 Å². The van der Waals surface area contributed by atoms with Gasteiger partial charge in [-0.15, -0.1) is 0 Å². The summed E-state index contributed by atoms with van der Waals surface area (Å²) in [5, 5.41) is 24.7. The van der Waals surface area contributed by atoms with Crippen molar-refractivity contribution in [2.45, 2.75) is 12.5 Å². The Labute approximate surface area is 203 Å². The van der Waals surface area contributed by atoms with Gasteiger partial charge in [-0.3, -0.25) is 4.79 Å². The monoisotopic (exact) mass is 296 g/mol. The molecule has 1 unspecified atom stereocenters. The number of rotatable bonds is 6. The molecule has 3 N–H and O–H groups in total. The summed E-state index contributed by atoms with van der Waals surface area (Å²) in [6.45, 7) is -0.829. The van der Waals surface area contributed by atoms with Crippen molar-refractivity contribution in [1.82, 2.24) is 0 Å². The Morgan fingerprint density at radius 3 is 1.75 bits per heavy atom. The molecule has 10 heteroatoms. The van der Waals surface area contributed by atoms with Crippen LogP contribution in [0.4, 0.5) is 0 Å². The minimum atomic E-state index is -1.62. The minimum Gasteiger partial charge on any atom is -1.00 e. The SMILES string of the molecule is O=C(O)COC(CC(=O)O)C(=O)O.[H-].[H-].[H-].[K+].[K+].[Na+]. The van der Waals surface area contributed by atoms with Crippen molar-refractivity contribution in [2.75, 3.05) is 6.61 Å². The van der Waals surface area contributed by atoms with Crippen molar-refractivity contribution in [3.8, 4) is 0 Å². The van der Waals surface area contributed by atoms with Crippen molar-refractivity contribution in [1.29, 1.82) is 0 Å². The van der Waals surface area contributed by atoms with Crippen LogP contribution in [0.5, 0.6) is 0 Å². The second-order valence-electron chi connectivity index (χ2n) is 2.13. The normalized spacial score (nSPS) is 9.75. The summed E-state index contributed by atoms with van der Waals surface area (Å²) >= 11 is 0. The van der Waals surface area contributed by atoms with Crippen LogP contribution in [0.2, 0.25) is 0 Å². The molecule has 0 fully saturated rings. The summed E-state index contributed by atoms with van der Waals surface area (Å²) in [6.07, 6.45) is -2.38. The molecule has 0 aromatic heterocycles. The molecule has 16 heavy (non-hydrogen) atoms. The Morgan fingerprint density at radius 1 is 1.06 bits per heavy atom. The number of aliphatic carboxylic acids is 3. The zero-order valence-corrected chi connectivity index (χ0v) is 17.7. The molecule has 0 aliphatic carbocycles. The average Bonchev–Trinajstić information content (AvgIpc) is 1.96. The van der Waals surface area contributed by atoms with E-state index in [1.165, 1.54) is 0 Å². The van der Waals surface area contributed by atoms with Gasteiger partial charge in [-0.1, -0.05) is 0 Å². The molecule has 0 saturated heterocycles. The van der Waals surface area contributed by atoms with E-state index >= 15 is 0 Å². The summed E-state index contributed by atoms with van der Waals surface area (Å²) in [6, 6.07) is 0. The summed E-state index contributed by atoms with van der Waals surface area (Å²) in [7, 11) is 0. The Hall–Kier alpha value is 2.64. The first-order valence-corrected chi connectivity index (χ1v) is 3.21. The van der Waals surface area contributed by atoms with E-state index in [9.17, 15) is 14.4 Å². The average molecular weight is 296 g/mol. The fraction of sp³-hybridized carbons (Fsp3) is 0.500. The molecule has 0 aliphatic rings. The van der Waals surface area contributed by atoms with Gasteiger partial charge in [-0.05, 0) is 0 Å². The third-order valence-electron chi connectivity index (χ3n) is 1.04. The van der Waals surface area contributed by atoms with Gasteiger partial charge < -0.3 is 24.3 Å². The first kappa shape index (κ1) is 27.1. The van der Waals surface area contributed by atoms with Gasteiger partial charge in [0.2, 0.25) is 0 Å². The second kappa shape index (κ2) is 15.7. The van der Waals surface area contributed by atoms with E-state index in [2.05, 4.69) is 4.74 Å². The Kier molecular flexibility index (Phi) is 26.6. The molecule has 0 aromatic rings. The molecule has 0 saturated carbocycles. The number of ether oxygens (including phenoxy) is 1. The number of hydrogen-bond donors (Lipinski definition) is 3. The van der Waals surface area contributed by atoms with Crippen molar-refractivity contribution in [3.05, 3.63) is 0 Å². The predicted octanol–water partition coefficient (Wildman–Crippen LogP) is -9.64. The molecule has 0 radical (unpaired) electrons. The van der Waals surface area contributed by atoms with Gasteiger partial charge in [0.1, 0.15) is 6.61 Å². The molecule has 80 valence electrons. The Morgan fingerprint density at radius 2 is 1.50 bits per heavy atom. The van der Waals surface area contributed by atoms with Gasteiger partial charge >= 0.3 is 150 Å². The van der Waals surface area contributed by atoms with Crippen molar-refractivity contribution < 1.29 is 171 Å². The van der Waals surface area contributed by atoms with Crippen LogP contribution in [-0.4, -0.2) is 45.9 Å². The van der Waals surface area contributed by atoms with Crippen LogP contribution < -0.4 is 132 Å². The van der Waals surface area contributed by atoms with E-state index < -0.39 is 37.0 Å². The molecular formula is C6H11K2NaO7. The minimum absolute atomic E-state index is 0. The molecular weight excluding hydrogens is 285 g/mol. The topological polar surface area (TPSA) is 121 Å². The summed E-state index contributed by atoms with van der Waals surface area (Å²) in [5.41, 5.74) is 0. The molecule has 1 atom stereocenters. The summed E-state index contributed by atoms with van der Waals surface area (Å²) in [5.74, 6) is -4.21. The maximum atomic E-state index is 10.3. The number of carboxylic acids is 3. The largest absolute Gasteiger partial charge is 1.00 e. The number of hydrogen-bond acceptors (Lipinski definition) is 4. The fourth-order valence-corrected chi connectivity index (χ4v) is 0.548. The molecule has 0 bridgehead atoms. The molecule has 0 amide bonds. The fourth-order valence-electron chi connectivity index (χ4n) is 0.548.